The van der Waals surface area contributed by atoms with E-state index in [0.29, 0.717) is 12.4 Å². The molecule has 0 aliphatic rings. The minimum Gasteiger partial charge on any atom is -0.380 e. The van der Waals surface area contributed by atoms with Crippen LogP contribution in [0.3, 0.4) is 0 Å². The number of sulfone groups is 1. The van der Waals surface area contributed by atoms with E-state index in [1.54, 1.807) is 7.05 Å². The van der Waals surface area contributed by atoms with Crippen LogP contribution in [0.15, 0.2) is 35.5 Å². The molecule has 2 aromatic rings. The molecule has 7 heteroatoms. The maximum Gasteiger partial charge on any atom is 0.249 e. The Morgan fingerprint density at radius 2 is 1.86 bits per heavy atom. The van der Waals surface area contributed by atoms with Crippen molar-refractivity contribution in [2.45, 2.75) is 24.9 Å². The number of hydrogen-bond donors (Lipinski definition) is 0. The van der Waals surface area contributed by atoms with Crippen molar-refractivity contribution in [3.05, 3.63) is 30.3 Å². The Morgan fingerprint density at radius 3 is 2.55 bits per heavy atom. The second-order valence-electron chi connectivity index (χ2n) is 5.02. The molecule has 120 valence electrons. The second kappa shape index (κ2) is 7.51. The summed E-state index contributed by atoms with van der Waals surface area (Å²) < 4.78 is 31.5. The van der Waals surface area contributed by atoms with E-state index in [2.05, 4.69) is 17.1 Å². The molecule has 0 radical (unpaired) electrons. The first kappa shape index (κ1) is 16.6. The minimum absolute atomic E-state index is 0.0227. The van der Waals surface area contributed by atoms with E-state index in [0.717, 1.165) is 18.4 Å². The van der Waals surface area contributed by atoms with Crippen LogP contribution in [0.5, 0.6) is 0 Å². The molecular weight excluding hydrogens is 302 g/mol. The molecule has 6 nitrogen and oxygen atoms in total. The number of aromatic nitrogens is 3. The quantitative estimate of drug-likeness (QED) is 0.695. The number of benzene rings is 1. The van der Waals surface area contributed by atoms with Crippen molar-refractivity contribution >= 4 is 9.84 Å². The lowest BCUT2D eigenvalue weighted by molar-refractivity contribution is 0.146. The van der Waals surface area contributed by atoms with Gasteiger partial charge in [-0.15, -0.1) is 10.2 Å². The molecule has 22 heavy (non-hydrogen) atoms. The third-order valence-electron chi connectivity index (χ3n) is 3.28. The van der Waals surface area contributed by atoms with Crippen LogP contribution in [-0.4, -0.2) is 42.1 Å². The predicted octanol–water partition coefficient (Wildman–Crippen LogP) is 2.07. The summed E-state index contributed by atoms with van der Waals surface area (Å²) in [5, 5.41) is 7.83. The molecule has 0 saturated heterocycles. The molecule has 1 aromatic carbocycles. The van der Waals surface area contributed by atoms with Crippen molar-refractivity contribution in [2.24, 2.45) is 7.05 Å². The van der Waals surface area contributed by atoms with Gasteiger partial charge in [-0.3, -0.25) is 0 Å². The summed E-state index contributed by atoms with van der Waals surface area (Å²) >= 11 is 0. The van der Waals surface area contributed by atoms with Crippen LogP contribution in [0.2, 0.25) is 0 Å². The molecule has 0 saturated carbocycles. The zero-order valence-corrected chi connectivity index (χ0v) is 13.7. The van der Waals surface area contributed by atoms with E-state index in [-0.39, 0.29) is 17.5 Å². The van der Waals surface area contributed by atoms with Crippen LogP contribution in [0.25, 0.3) is 11.4 Å². The number of rotatable bonds is 8. The summed E-state index contributed by atoms with van der Waals surface area (Å²) in [6.07, 6.45) is 1.96. The summed E-state index contributed by atoms with van der Waals surface area (Å²) in [5.41, 5.74) is 0.832. The van der Waals surface area contributed by atoms with Gasteiger partial charge in [0, 0.05) is 19.2 Å². The van der Waals surface area contributed by atoms with Crippen molar-refractivity contribution < 1.29 is 13.2 Å². The predicted molar refractivity (Wildman–Crippen MR) is 84.2 cm³/mol. The zero-order chi connectivity index (χ0) is 16.0. The summed E-state index contributed by atoms with van der Waals surface area (Å²) in [5.74, 6) is 0.448. The molecule has 0 amide bonds. The van der Waals surface area contributed by atoms with E-state index in [9.17, 15) is 8.42 Å². The van der Waals surface area contributed by atoms with E-state index in [1.807, 2.05) is 30.3 Å². The molecule has 0 spiro atoms. The van der Waals surface area contributed by atoms with Crippen molar-refractivity contribution in [1.29, 1.82) is 0 Å². The topological polar surface area (TPSA) is 74.1 Å². The zero-order valence-electron chi connectivity index (χ0n) is 12.9. The van der Waals surface area contributed by atoms with Crippen LogP contribution in [0, 0.1) is 0 Å². The first-order valence-corrected chi connectivity index (χ1v) is 8.97. The standard InChI is InChI=1S/C15H21N3O3S/c1-3-4-10-21-11-12-22(19,20)15-17-16-14(18(15)2)13-8-6-5-7-9-13/h5-9H,3-4,10-12H2,1-2H3. The Balaban J connectivity index is 2.11. The van der Waals surface area contributed by atoms with E-state index in [1.165, 1.54) is 4.57 Å². The average molecular weight is 323 g/mol. The molecule has 0 aliphatic heterocycles. The Bertz CT molecular complexity index is 696. The minimum atomic E-state index is -3.50. The van der Waals surface area contributed by atoms with Gasteiger partial charge in [-0.2, -0.15) is 0 Å². The molecule has 1 heterocycles. The highest BCUT2D eigenvalue weighted by Gasteiger charge is 2.23. The normalized spacial score (nSPS) is 11.7. The Morgan fingerprint density at radius 1 is 1.14 bits per heavy atom. The van der Waals surface area contributed by atoms with Gasteiger partial charge in [-0.05, 0) is 6.42 Å². The summed E-state index contributed by atoms with van der Waals surface area (Å²) in [6, 6.07) is 9.38. The van der Waals surface area contributed by atoms with Gasteiger partial charge in [0.1, 0.15) is 0 Å². The van der Waals surface area contributed by atoms with Crippen LogP contribution in [0.1, 0.15) is 19.8 Å². The largest absolute Gasteiger partial charge is 0.380 e. The lowest BCUT2D eigenvalue weighted by Gasteiger charge is -2.06. The van der Waals surface area contributed by atoms with Crippen molar-refractivity contribution in [1.82, 2.24) is 14.8 Å². The number of unbranched alkanes of at least 4 members (excludes halogenated alkanes) is 1. The van der Waals surface area contributed by atoms with E-state index < -0.39 is 9.84 Å². The highest BCUT2D eigenvalue weighted by Crippen LogP contribution is 2.19. The number of ether oxygens (including phenoxy) is 1. The van der Waals surface area contributed by atoms with Gasteiger partial charge in [0.05, 0.1) is 12.4 Å². The van der Waals surface area contributed by atoms with Gasteiger partial charge in [0.15, 0.2) is 5.82 Å². The molecule has 0 atom stereocenters. The molecule has 0 unspecified atom stereocenters. The van der Waals surface area contributed by atoms with Gasteiger partial charge in [-0.1, -0.05) is 43.7 Å². The smallest absolute Gasteiger partial charge is 0.249 e. The first-order chi connectivity index (χ1) is 10.6. The fraction of sp³-hybridized carbons (Fsp3) is 0.467. The summed E-state index contributed by atoms with van der Waals surface area (Å²) in [6.45, 7) is 2.82. The van der Waals surface area contributed by atoms with Crippen molar-refractivity contribution in [3.8, 4) is 11.4 Å². The fourth-order valence-corrected chi connectivity index (χ4v) is 3.22. The van der Waals surface area contributed by atoms with E-state index >= 15 is 0 Å². The SMILES string of the molecule is CCCCOCCS(=O)(=O)c1nnc(-c2ccccc2)n1C. The van der Waals surface area contributed by atoms with Gasteiger partial charge >= 0.3 is 0 Å². The fourth-order valence-electron chi connectivity index (χ4n) is 2.03. The van der Waals surface area contributed by atoms with Crippen LogP contribution < -0.4 is 0 Å². The van der Waals surface area contributed by atoms with E-state index in [4.69, 9.17) is 4.74 Å². The Labute approximate surface area is 131 Å². The number of nitrogens with zero attached hydrogens (tertiary/aromatic N) is 3. The molecule has 0 fully saturated rings. The third kappa shape index (κ3) is 3.92. The van der Waals surface area contributed by atoms with Crippen LogP contribution >= 0.6 is 0 Å². The first-order valence-electron chi connectivity index (χ1n) is 7.31. The summed E-state index contributed by atoms with van der Waals surface area (Å²) in [7, 11) is -1.84. The molecular formula is C15H21N3O3S. The van der Waals surface area contributed by atoms with Crippen LogP contribution in [-0.2, 0) is 21.6 Å². The summed E-state index contributed by atoms with van der Waals surface area (Å²) in [4.78, 5) is 0. The molecule has 1 aromatic heterocycles. The van der Waals surface area contributed by atoms with Crippen molar-refractivity contribution in [2.75, 3.05) is 19.0 Å². The number of hydrogen-bond acceptors (Lipinski definition) is 5. The lowest BCUT2D eigenvalue weighted by atomic mass is 10.2. The van der Waals surface area contributed by atoms with Crippen LogP contribution in [0.4, 0.5) is 0 Å². The maximum absolute atomic E-state index is 12.3. The highest BCUT2D eigenvalue weighted by molar-refractivity contribution is 7.91. The Hall–Kier alpha value is -1.73. The molecule has 0 aliphatic carbocycles. The van der Waals surface area contributed by atoms with Crippen molar-refractivity contribution in [3.63, 3.8) is 0 Å². The van der Waals surface area contributed by atoms with Gasteiger partial charge in [0.25, 0.3) is 0 Å². The Kier molecular flexibility index (Phi) is 5.68. The third-order valence-corrected chi connectivity index (χ3v) is 4.90. The van der Waals surface area contributed by atoms with Gasteiger partial charge in [0.2, 0.25) is 15.0 Å². The highest BCUT2D eigenvalue weighted by atomic mass is 32.2. The average Bonchev–Trinajstić information content (AvgIpc) is 2.90. The molecule has 0 N–H and O–H groups in total. The maximum atomic E-state index is 12.3. The second-order valence-corrected chi connectivity index (χ2v) is 7.02. The molecule has 0 bridgehead atoms. The monoisotopic (exact) mass is 323 g/mol. The van der Waals surface area contributed by atoms with Gasteiger partial charge < -0.3 is 9.30 Å². The molecule has 2 rings (SSSR count). The lowest BCUT2D eigenvalue weighted by Crippen LogP contribution is -2.17. The van der Waals surface area contributed by atoms with Gasteiger partial charge in [-0.25, -0.2) is 8.42 Å².